The van der Waals surface area contributed by atoms with Gasteiger partial charge in [-0.05, 0) is 24.6 Å². The summed E-state index contributed by atoms with van der Waals surface area (Å²) < 4.78 is 0. The van der Waals surface area contributed by atoms with Crippen molar-refractivity contribution in [1.82, 2.24) is 4.90 Å². The molecule has 0 aromatic heterocycles. The number of benzene rings is 1. The maximum absolute atomic E-state index is 11.8. The van der Waals surface area contributed by atoms with Gasteiger partial charge in [-0.25, -0.2) is 0 Å². The monoisotopic (exact) mass is 242 g/mol. The number of nitrogens with zero attached hydrogens (tertiary/aromatic N) is 1. The van der Waals surface area contributed by atoms with Gasteiger partial charge < -0.3 is 5.32 Å². The molecule has 2 amide bonds. The second-order valence-electron chi connectivity index (χ2n) is 4.20. The van der Waals surface area contributed by atoms with Gasteiger partial charge in [-0.2, -0.15) is 0 Å². The third-order valence-electron chi connectivity index (χ3n) is 3.04. The lowest BCUT2D eigenvalue weighted by Crippen LogP contribution is -2.24. The number of terminal acetylenes is 1. The van der Waals surface area contributed by atoms with Gasteiger partial charge in [-0.15, -0.1) is 6.42 Å². The number of anilines is 1. The van der Waals surface area contributed by atoms with Crippen molar-refractivity contribution in [3.8, 4) is 12.3 Å². The lowest BCUT2D eigenvalue weighted by molar-refractivity contribution is 0.0693. The van der Waals surface area contributed by atoms with Crippen molar-refractivity contribution in [3.05, 3.63) is 29.3 Å². The van der Waals surface area contributed by atoms with Crippen LogP contribution in [0.1, 0.15) is 34.1 Å². The molecule has 2 rings (SSSR count). The Morgan fingerprint density at radius 3 is 2.61 bits per heavy atom. The van der Waals surface area contributed by atoms with Crippen molar-refractivity contribution in [3.63, 3.8) is 0 Å². The highest BCUT2D eigenvalue weighted by Gasteiger charge is 2.32. The minimum Gasteiger partial charge on any atom is -0.372 e. The molecule has 1 N–H and O–H groups in total. The van der Waals surface area contributed by atoms with E-state index in [9.17, 15) is 9.59 Å². The zero-order chi connectivity index (χ0) is 13.3. The third-order valence-corrected chi connectivity index (χ3v) is 3.04. The fourth-order valence-electron chi connectivity index (χ4n) is 1.91. The van der Waals surface area contributed by atoms with Crippen LogP contribution in [-0.2, 0) is 0 Å². The molecule has 1 heterocycles. The van der Waals surface area contributed by atoms with E-state index in [0.717, 1.165) is 17.0 Å². The van der Waals surface area contributed by atoms with E-state index in [1.807, 2.05) is 6.92 Å². The molecule has 0 saturated carbocycles. The Hall–Kier alpha value is -2.28. The average Bonchev–Trinajstić information content (AvgIpc) is 2.61. The first kappa shape index (κ1) is 12.2. The molecular weight excluding hydrogens is 228 g/mol. The van der Waals surface area contributed by atoms with Crippen LogP contribution in [0.15, 0.2) is 18.2 Å². The minimum atomic E-state index is -0.271. The lowest BCUT2D eigenvalue weighted by Gasteiger charge is -2.12. The molecule has 1 aliphatic heterocycles. The van der Waals surface area contributed by atoms with Gasteiger partial charge >= 0.3 is 0 Å². The summed E-state index contributed by atoms with van der Waals surface area (Å²) in [7, 11) is 1.48. The molecule has 0 bridgehead atoms. The molecule has 18 heavy (non-hydrogen) atoms. The summed E-state index contributed by atoms with van der Waals surface area (Å²) in [5, 5.41) is 3.14. The molecule has 1 aromatic carbocycles. The highest BCUT2D eigenvalue weighted by Crippen LogP contribution is 2.25. The summed E-state index contributed by atoms with van der Waals surface area (Å²) in [6, 6.07) is 5.03. The van der Waals surface area contributed by atoms with E-state index < -0.39 is 0 Å². The SMILES string of the molecule is C#CC(CC)Nc1ccc2c(c1)C(=O)N(C)C2=O. The third kappa shape index (κ3) is 1.84. The zero-order valence-electron chi connectivity index (χ0n) is 10.4. The first-order valence-corrected chi connectivity index (χ1v) is 5.77. The molecular formula is C14H14N2O2. The molecule has 1 unspecified atom stereocenters. The lowest BCUT2D eigenvalue weighted by atomic mass is 10.1. The molecule has 4 heteroatoms. The predicted molar refractivity (Wildman–Crippen MR) is 69.4 cm³/mol. The summed E-state index contributed by atoms with van der Waals surface area (Å²) in [6.45, 7) is 1.98. The Kier molecular flexibility index (Phi) is 3.07. The number of amides is 2. The van der Waals surface area contributed by atoms with Gasteiger partial charge in [0.15, 0.2) is 0 Å². The minimum absolute atomic E-state index is 0.0759. The van der Waals surface area contributed by atoms with Gasteiger partial charge in [-0.1, -0.05) is 12.8 Å². The number of carbonyl (C=O) groups excluding carboxylic acids is 2. The van der Waals surface area contributed by atoms with Crippen LogP contribution in [0.5, 0.6) is 0 Å². The van der Waals surface area contributed by atoms with Gasteiger partial charge in [0, 0.05) is 12.7 Å². The number of hydrogen-bond acceptors (Lipinski definition) is 3. The molecule has 1 atom stereocenters. The van der Waals surface area contributed by atoms with Crippen molar-refractivity contribution in [2.75, 3.05) is 12.4 Å². The van der Waals surface area contributed by atoms with Crippen molar-refractivity contribution >= 4 is 17.5 Å². The van der Waals surface area contributed by atoms with Gasteiger partial charge in [0.2, 0.25) is 0 Å². The zero-order valence-corrected chi connectivity index (χ0v) is 10.4. The smallest absolute Gasteiger partial charge is 0.261 e. The average molecular weight is 242 g/mol. The van der Waals surface area contributed by atoms with Gasteiger partial charge in [0.05, 0.1) is 17.2 Å². The van der Waals surface area contributed by atoms with E-state index >= 15 is 0 Å². The summed E-state index contributed by atoms with van der Waals surface area (Å²) >= 11 is 0. The highest BCUT2D eigenvalue weighted by molar-refractivity contribution is 6.21. The number of hydrogen-bond donors (Lipinski definition) is 1. The van der Waals surface area contributed by atoms with Crippen LogP contribution in [0.3, 0.4) is 0 Å². The molecule has 92 valence electrons. The number of nitrogens with one attached hydrogen (secondary N) is 1. The molecule has 0 aliphatic carbocycles. The molecule has 0 spiro atoms. The molecule has 4 nitrogen and oxygen atoms in total. The molecule has 0 fully saturated rings. The number of rotatable bonds is 3. The number of carbonyl (C=O) groups is 2. The van der Waals surface area contributed by atoms with Crippen molar-refractivity contribution in [2.45, 2.75) is 19.4 Å². The van der Waals surface area contributed by atoms with E-state index in [1.54, 1.807) is 18.2 Å². The standard InChI is InChI=1S/C14H14N2O2/c1-4-9(5-2)15-10-6-7-11-12(8-10)14(18)16(3)13(11)17/h1,6-9,15H,5H2,2-3H3. The largest absolute Gasteiger partial charge is 0.372 e. The Bertz CT molecular complexity index is 557. The van der Waals surface area contributed by atoms with Crippen LogP contribution in [0.4, 0.5) is 5.69 Å². The molecule has 1 aliphatic rings. The summed E-state index contributed by atoms with van der Waals surface area (Å²) in [5.74, 6) is 2.09. The van der Waals surface area contributed by atoms with Crippen LogP contribution < -0.4 is 5.32 Å². The predicted octanol–water partition coefficient (Wildman–Crippen LogP) is 1.74. The highest BCUT2D eigenvalue weighted by atomic mass is 16.2. The molecule has 0 radical (unpaired) electrons. The fraction of sp³-hybridized carbons (Fsp3) is 0.286. The van der Waals surface area contributed by atoms with Gasteiger partial charge in [0.1, 0.15) is 0 Å². The Balaban J connectivity index is 2.33. The van der Waals surface area contributed by atoms with E-state index in [1.165, 1.54) is 7.05 Å². The Morgan fingerprint density at radius 1 is 1.33 bits per heavy atom. The van der Waals surface area contributed by atoms with Crippen LogP contribution in [0.25, 0.3) is 0 Å². The molecule has 1 aromatic rings. The fourth-order valence-corrected chi connectivity index (χ4v) is 1.91. The maximum atomic E-state index is 11.8. The van der Waals surface area contributed by atoms with E-state index in [0.29, 0.717) is 11.1 Å². The van der Waals surface area contributed by atoms with Gasteiger partial charge in [-0.3, -0.25) is 14.5 Å². The normalized spacial score (nSPS) is 15.3. The van der Waals surface area contributed by atoms with Gasteiger partial charge in [0.25, 0.3) is 11.8 Å². The summed E-state index contributed by atoms with van der Waals surface area (Å²) in [4.78, 5) is 24.6. The quantitative estimate of drug-likeness (QED) is 0.648. The van der Waals surface area contributed by atoms with E-state index in [2.05, 4.69) is 11.2 Å². The van der Waals surface area contributed by atoms with E-state index in [-0.39, 0.29) is 17.9 Å². The van der Waals surface area contributed by atoms with Crippen molar-refractivity contribution in [1.29, 1.82) is 0 Å². The van der Waals surface area contributed by atoms with Crippen molar-refractivity contribution in [2.24, 2.45) is 0 Å². The molecule has 0 saturated heterocycles. The second-order valence-corrected chi connectivity index (χ2v) is 4.20. The Morgan fingerprint density at radius 2 is 2.00 bits per heavy atom. The summed E-state index contributed by atoms with van der Waals surface area (Å²) in [5.41, 5.74) is 1.64. The van der Waals surface area contributed by atoms with Crippen LogP contribution in [0.2, 0.25) is 0 Å². The van der Waals surface area contributed by atoms with Crippen LogP contribution in [-0.4, -0.2) is 29.8 Å². The maximum Gasteiger partial charge on any atom is 0.261 e. The number of imide groups is 1. The van der Waals surface area contributed by atoms with E-state index in [4.69, 9.17) is 6.42 Å². The summed E-state index contributed by atoms with van der Waals surface area (Å²) in [6.07, 6.45) is 6.17. The van der Waals surface area contributed by atoms with Crippen LogP contribution in [0, 0.1) is 12.3 Å². The Labute approximate surface area is 106 Å². The second kappa shape index (κ2) is 4.53. The van der Waals surface area contributed by atoms with Crippen LogP contribution >= 0.6 is 0 Å². The van der Waals surface area contributed by atoms with Crippen molar-refractivity contribution < 1.29 is 9.59 Å². The first-order valence-electron chi connectivity index (χ1n) is 5.77. The number of fused-ring (bicyclic) bond motifs is 1. The topological polar surface area (TPSA) is 49.4 Å². The first-order chi connectivity index (χ1) is 8.58.